The summed E-state index contributed by atoms with van der Waals surface area (Å²) < 4.78 is 12.8. The normalized spacial score (nSPS) is 12.7. The third kappa shape index (κ3) is 4.38. The van der Waals surface area contributed by atoms with Crippen LogP contribution >= 0.6 is 0 Å². The highest BCUT2D eigenvalue weighted by Gasteiger charge is 2.04. The fourth-order valence-electron chi connectivity index (χ4n) is 1.61. The molecule has 0 radical (unpaired) electrons. The quantitative estimate of drug-likeness (QED) is 0.781. The number of aromatic nitrogens is 1. The molecule has 1 aromatic rings. The van der Waals surface area contributed by atoms with Gasteiger partial charge in [-0.25, -0.2) is 4.39 Å². The molecule has 0 aliphatic heterocycles. The van der Waals surface area contributed by atoms with Gasteiger partial charge >= 0.3 is 0 Å². The molecule has 0 bridgehead atoms. The number of rotatable bonds is 6. The van der Waals surface area contributed by atoms with Crippen LogP contribution in [-0.4, -0.2) is 11.0 Å². The van der Waals surface area contributed by atoms with Crippen molar-refractivity contribution in [1.82, 2.24) is 10.3 Å². The van der Waals surface area contributed by atoms with Gasteiger partial charge in [-0.1, -0.05) is 20.3 Å². The summed E-state index contributed by atoms with van der Waals surface area (Å²) in [4.78, 5) is 3.82. The Morgan fingerprint density at radius 2 is 2.20 bits per heavy atom. The molecule has 3 heteroatoms. The van der Waals surface area contributed by atoms with E-state index in [0.717, 1.165) is 12.0 Å². The maximum Gasteiger partial charge on any atom is 0.141 e. The molecule has 0 fully saturated rings. The van der Waals surface area contributed by atoms with Crippen molar-refractivity contribution in [1.29, 1.82) is 0 Å². The van der Waals surface area contributed by atoms with Gasteiger partial charge in [-0.15, -0.1) is 0 Å². The molecule has 0 amide bonds. The minimum atomic E-state index is -0.266. The first-order valence-electron chi connectivity index (χ1n) is 5.59. The average Bonchev–Trinajstić information content (AvgIpc) is 2.24. The smallest absolute Gasteiger partial charge is 0.141 e. The summed E-state index contributed by atoms with van der Waals surface area (Å²) in [6.07, 6.45) is 6.38. The van der Waals surface area contributed by atoms with Crippen LogP contribution in [0.4, 0.5) is 4.39 Å². The Balaban J connectivity index is 2.41. The van der Waals surface area contributed by atoms with Crippen molar-refractivity contribution >= 4 is 0 Å². The van der Waals surface area contributed by atoms with Gasteiger partial charge in [0.1, 0.15) is 5.82 Å². The molecular weight excluding hydrogens is 191 g/mol. The molecule has 0 aromatic carbocycles. The zero-order valence-corrected chi connectivity index (χ0v) is 9.46. The van der Waals surface area contributed by atoms with E-state index < -0.39 is 0 Å². The van der Waals surface area contributed by atoms with Gasteiger partial charge in [-0.2, -0.15) is 0 Å². The molecule has 0 saturated heterocycles. The van der Waals surface area contributed by atoms with Crippen LogP contribution in [0.15, 0.2) is 18.5 Å². The van der Waals surface area contributed by atoms with E-state index in [1.54, 1.807) is 6.20 Å². The standard InChI is InChI=1S/C12H19FN2/c1-3-5-12(4-2)15-8-10-6-11(13)9-14-7-10/h6-7,9,12,15H,3-5,8H2,1-2H3. The molecule has 2 nitrogen and oxygen atoms in total. The monoisotopic (exact) mass is 210 g/mol. The maximum absolute atomic E-state index is 12.8. The number of nitrogens with one attached hydrogen (secondary N) is 1. The summed E-state index contributed by atoms with van der Waals surface area (Å²) in [5.41, 5.74) is 0.907. The van der Waals surface area contributed by atoms with Crippen LogP contribution in [0.1, 0.15) is 38.7 Å². The molecule has 1 atom stereocenters. The second-order valence-corrected chi connectivity index (χ2v) is 3.79. The molecular formula is C12H19FN2. The molecule has 1 aromatic heterocycles. The molecule has 1 N–H and O–H groups in total. The van der Waals surface area contributed by atoms with E-state index >= 15 is 0 Å². The molecule has 1 rings (SSSR count). The summed E-state index contributed by atoms with van der Waals surface area (Å²) >= 11 is 0. The van der Waals surface area contributed by atoms with Gasteiger partial charge in [0.2, 0.25) is 0 Å². The SMILES string of the molecule is CCCC(CC)NCc1cncc(F)c1. The number of halogens is 1. The molecule has 0 spiro atoms. The van der Waals surface area contributed by atoms with E-state index in [4.69, 9.17) is 0 Å². The predicted octanol–water partition coefficient (Wildman–Crippen LogP) is 2.89. The Morgan fingerprint density at radius 1 is 1.40 bits per heavy atom. The summed E-state index contributed by atoms with van der Waals surface area (Å²) in [5.74, 6) is -0.266. The van der Waals surface area contributed by atoms with Crippen molar-refractivity contribution in [2.45, 2.75) is 45.7 Å². The van der Waals surface area contributed by atoms with Gasteiger partial charge in [-0.3, -0.25) is 4.98 Å². The molecule has 0 aliphatic carbocycles. The first kappa shape index (κ1) is 12.1. The van der Waals surface area contributed by atoms with E-state index in [0.29, 0.717) is 12.6 Å². The molecule has 1 heterocycles. The van der Waals surface area contributed by atoms with Crippen molar-refractivity contribution in [3.8, 4) is 0 Å². The van der Waals surface area contributed by atoms with Gasteiger partial charge in [-0.05, 0) is 24.5 Å². The van der Waals surface area contributed by atoms with Crippen LogP contribution in [0.25, 0.3) is 0 Å². The third-order valence-corrected chi connectivity index (χ3v) is 2.49. The Morgan fingerprint density at radius 3 is 2.80 bits per heavy atom. The van der Waals surface area contributed by atoms with Gasteiger partial charge in [0.15, 0.2) is 0 Å². The largest absolute Gasteiger partial charge is 0.310 e. The molecule has 0 saturated carbocycles. The van der Waals surface area contributed by atoms with Crippen LogP contribution in [0.3, 0.4) is 0 Å². The number of nitrogens with zero attached hydrogens (tertiary/aromatic N) is 1. The van der Waals surface area contributed by atoms with E-state index in [9.17, 15) is 4.39 Å². The average molecular weight is 210 g/mol. The highest BCUT2D eigenvalue weighted by Crippen LogP contribution is 2.04. The summed E-state index contributed by atoms with van der Waals surface area (Å²) in [6, 6.07) is 2.05. The highest BCUT2D eigenvalue weighted by molar-refractivity contribution is 5.09. The second kappa shape index (κ2) is 6.51. The second-order valence-electron chi connectivity index (χ2n) is 3.79. The lowest BCUT2D eigenvalue weighted by Crippen LogP contribution is -2.27. The van der Waals surface area contributed by atoms with Crippen molar-refractivity contribution < 1.29 is 4.39 Å². The van der Waals surface area contributed by atoms with Gasteiger partial charge in [0.05, 0.1) is 6.20 Å². The number of hydrogen-bond acceptors (Lipinski definition) is 2. The van der Waals surface area contributed by atoms with Crippen LogP contribution in [0.2, 0.25) is 0 Å². The Bertz CT molecular complexity index is 289. The lowest BCUT2D eigenvalue weighted by Gasteiger charge is -2.15. The van der Waals surface area contributed by atoms with Crippen LogP contribution < -0.4 is 5.32 Å². The fraction of sp³-hybridized carbons (Fsp3) is 0.583. The van der Waals surface area contributed by atoms with E-state index in [1.807, 2.05) is 0 Å². The van der Waals surface area contributed by atoms with Crippen LogP contribution in [-0.2, 0) is 6.54 Å². The Kier molecular flexibility index (Phi) is 5.26. The van der Waals surface area contributed by atoms with Crippen molar-refractivity contribution in [2.75, 3.05) is 0 Å². The topological polar surface area (TPSA) is 24.9 Å². The maximum atomic E-state index is 12.8. The minimum absolute atomic E-state index is 0.266. The van der Waals surface area contributed by atoms with E-state index in [2.05, 4.69) is 24.1 Å². The van der Waals surface area contributed by atoms with E-state index in [1.165, 1.54) is 25.1 Å². The van der Waals surface area contributed by atoms with Gasteiger partial charge in [0, 0.05) is 18.8 Å². The van der Waals surface area contributed by atoms with Crippen LogP contribution in [0, 0.1) is 5.82 Å². The lowest BCUT2D eigenvalue weighted by atomic mass is 10.1. The molecule has 0 aliphatic rings. The highest BCUT2D eigenvalue weighted by atomic mass is 19.1. The molecule has 1 unspecified atom stereocenters. The fourth-order valence-corrected chi connectivity index (χ4v) is 1.61. The van der Waals surface area contributed by atoms with Crippen molar-refractivity contribution in [3.05, 3.63) is 29.8 Å². The Labute approximate surface area is 90.9 Å². The number of pyridine rings is 1. The third-order valence-electron chi connectivity index (χ3n) is 2.49. The predicted molar refractivity (Wildman–Crippen MR) is 60.0 cm³/mol. The summed E-state index contributed by atoms with van der Waals surface area (Å²) in [5, 5.41) is 3.41. The minimum Gasteiger partial charge on any atom is -0.310 e. The first-order chi connectivity index (χ1) is 7.26. The molecule has 15 heavy (non-hydrogen) atoms. The zero-order chi connectivity index (χ0) is 11.1. The Hall–Kier alpha value is -0.960. The first-order valence-corrected chi connectivity index (χ1v) is 5.59. The summed E-state index contributed by atoms with van der Waals surface area (Å²) in [7, 11) is 0. The van der Waals surface area contributed by atoms with Gasteiger partial charge < -0.3 is 5.32 Å². The van der Waals surface area contributed by atoms with Crippen molar-refractivity contribution in [2.24, 2.45) is 0 Å². The van der Waals surface area contributed by atoms with Crippen LogP contribution in [0.5, 0.6) is 0 Å². The number of hydrogen-bond donors (Lipinski definition) is 1. The van der Waals surface area contributed by atoms with E-state index in [-0.39, 0.29) is 5.82 Å². The van der Waals surface area contributed by atoms with Crippen molar-refractivity contribution in [3.63, 3.8) is 0 Å². The zero-order valence-electron chi connectivity index (χ0n) is 9.46. The molecule has 84 valence electrons. The summed E-state index contributed by atoms with van der Waals surface area (Å²) in [6.45, 7) is 5.04. The van der Waals surface area contributed by atoms with Gasteiger partial charge in [0.25, 0.3) is 0 Å². The lowest BCUT2D eigenvalue weighted by molar-refractivity contribution is 0.461.